The molecule has 49 valence electrons. The first-order valence-electron chi connectivity index (χ1n) is 3.02. The largest absolute Gasteiger partial charge is 0.439 e. The van der Waals surface area contributed by atoms with Crippen molar-refractivity contribution < 1.29 is 4.74 Å². The standard InChI is InChI=1S/C8H6NO/c1-6-9-7-4-2-3-5-8(7)10-6/h1-5,9H. The molecule has 1 radical (unpaired) electrons. The third kappa shape index (κ3) is 0.658. The molecular weight excluding hydrogens is 126 g/mol. The predicted octanol–water partition coefficient (Wildman–Crippen LogP) is 1.77. The molecule has 0 saturated heterocycles. The van der Waals surface area contributed by atoms with Crippen LogP contribution < -0.4 is 10.1 Å². The first-order valence-corrected chi connectivity index (χ1v) is 3.02. The van der Waals surface area contributed by atoms with Crippen molar-refractivity contribution in [2.45, 2.75) is 0 Å². The summed E-state index contributed by atoms with van der Waals surface area (Å²) in [5.41, 5.74) is 0.931. The second-order valence-corrected chi connectivity index (χ2v) is 2.09. The van der Waals surface area contributed by atoms with E-state index in [1.54, 1.807) is 0 Å². The zero-order chi connectivity index (χ0) is 6.97. The van der Waals surface area contributed by atoms with Crippen LogP contribution in [0.3, 0.4) is 0 Å². The minimum Gasteiger partial charge on any atom is -0.439 e. The smallest absolute Gasteiger partial charge is 0.198 e. The van der Waals surface area contributed by atoms with Crippen molar-refractivity contribution in [3.8, 4) is 5.75 Å². The molecule has 0 aliphatic carbocycles. The van der Waals surface area contributed by atoms with Crippen LogP contribution >= 0.6 is 0 Å². The molecule has 1 aromatic carbocycles. The fraction of sp³-hybridized carbons (Fsp3) is 0. The van der Waals surface area contributed by atoms with Crippen LogP contribution in [0.15, 0.2) is 30.1 Å². The van der Waals surface area contributed by atoms with Crippen LogP contribution in [0.25, 0.3) is 0 Å². The lowest BCUT2D eigenvalue weighted by Crippen LogP contribution is -1.92. The first kappa shape index (κ1) is 5.35. The molecule has 1 aliphatic rings. The Kier molecular flexibility index (Phi) is 0.947. The summed E-state index contributed by atoms with van der Waals surface area (Å²) in [4.78, 5) is 0. The van der Waals surface area contributed by atoms with Gasteiger partial charge in [-0.15, -0.1) is 0 Å². The van der Waals surface area contributed by atoms with E-state index in [1.807, 2.05) is 24.3 Å². The van der Waals surface area contributed by atoms with Gasteiger partial charge in [0.05, 0.1) is 5.69 Å². The van der Waals surface area contributed by atoms with E-state index in [2.05, 4.69) is 5.32 Å². The summed E-state index contributed by atoms with van der Waals surface area (Å²) in [5.74, 6) is 1.14. The Labute approximate surface area is 59.1 Å². The highest BCUT2D eigenvalue weighted by atomic mass is 16.5. The lowest BCUT2D eigenvalue weighted by Gasteiger charge is -1.91. The Morgan fingerprint density at radius 3 is 2.90 bits per heavy atom. The summed E-state index contributed by atoms with van der Waals surface area (Å²) in [7, 11) is 0. The van der Waals surface area contributed by atoms with Gasteiger partial charge in [0.25, 0.3) is 0 Å². The van der Waals surface area contributed by atoms with E-state index in [4.69, 9.17) is 11.3 Å². The van der Waals surface area contributed by atoms with E-state index in [0.29, 0.717) is 5.88 Å². The number of fused-ring (bicyclic) bond motifs is 1. The normalized spacial score (nSPS) is 13.8. The number of rotatable bonds is 0. The maximum atomic E-state index is 5.37. The molecule has 0 aromatic heterocycles. The number of para-hydroxylation sites is 2. The highest BCUT2D eigenvalue weighted by Crippen LogP contribution is 2.31. The van der Waals surface area contributed by atoms with Crippen molar-refractivity contribution in [1.82, 2.24) is 0 Å². The maximum Gasteiger partial charge on any atom is 0.198 e. The van der Waals surface area contributed by atoms with Gasteiger partial charge in [-0.3, -0.25) is 0 Å². The topological polar surface area (TPSA) is 21.3 Å². The molecule has 1 heterocycles. The van der Waals surface area contributed by atoms with Crippen LogP contribution in [0.1, 0.15) is 0 Å². The van der Waals surface area contributed by atoms with Gasteiger partial charge in [0.1, 0.15) is 0 Å². The average molecular weight is 132 g/mol. The van der Waals surface area contributed by atoms with Crippen LogP contribution in [0, 0.1) is 6.58 Å². The first-order chi connectivity index (χ1) is 4.86. The van der Waals surface area contributed by atoms with Gasteiger partial charge in [0.15, 0.2) is 11.6 Å². The molecule has 0 spiro atoms. The SMILES string of the molecule is [CH]=C1Nc2ccccc2O1. The molecule has 2 nitrogen and oxygen atoms in total. The third-order valence-corrected chi connectivity index (χ3v) is 1.36. The Hall–Kier alpha value is -1.44. The summed E-state index contributed by atoms with van der Waals surface area (Å²) >= 11 is 0. The fourth-order valence-corrected chi connectivity index (χ4v) is 0.936. The second-order valence-electron chi connectivity index (χ2n) is 2.09. The summed E-state index contributed by atoms with van der Waals surface area (Å²) < 4.78 is 5.09. The third-order valence-electron chi connectivity index (χ3n) is 1.36. The lowest BCUT2D eigenvalue weighted by atomic mass is 10.3. The Morgan fingerprint density at radius 2 is 2.10 bits per heavy atom. The summed E-state index contributed by atoms with van der Waals surface area (Å²) in [6.45, 7) is 5.37. The van der Waals surface area contributed by atoms with E-state index >= 15 is 0 Å². The van der Waals surface area contributed by atoms with E-state index in [-0.39, 0.29) is 0 Å². The van der Waals surface area contributed by atoms with E-state index in [0.717, 1.165) is 11.4 Å². The molecule has 1 N–H and O–H groups in total. The summed E-state index contributed by atoms with van der Waals surface area (Å²) in [6, 6.07) is 7.60. The minimum atomic E-state index is 0.348. The van der Waals surface area contributed by atoms with E-state index in [9.17, 15) is 0 Å². The summed E-state index contributed by atoms with van der Waals surface area (Å²) in [6.07, 6.45) is 0. The fourth-order valence-electron chi connectivity index (χ4n) is 0.936. The molecular formula is C8H6NO. The number of ether oxygens (including phenoxy) is 1. The minimum absolute atomic E-state index is 0.348. The Morgan fingerprint density at radius 1 is 1.30 bits per heavy atom. The van der Waals surface area contributed by atoms with Crippen LogP contribution in [0.2, 0.25) is 0 Å². The molecule has 0 amide bonds. The number of benzene rings is 1. The van der Waals surface area contributed by atoms with Gasteiger partial charge >= 0.3 is 0 Å². The quantitative estimate of drug-likeness (QED) is 0.580. The molecule has 2 rings (SSSR count). The number of anilines is 1. The molecule has 10 heavy (non-hydrogen) atoms. The van der Waals surface area contributed by atoms with Crippen LogP contribution in [0.5, 0.6) is 5.75 Å². The molecule has 2 heteroatoms. The molecule has 1 aromatic rings. The van der Waals surface area contributed by atoms with Gasteiger partial charge in [-0.25, -0.2) is 0 Å². The molecule has 0 atom stereocenters. The monoisotopic (exact) mass is 132 g/mol. The number of hydrogen-bond acceptors (Lipinski definition) is 2. The zero-order valence-electron chi connectivity index (χ0n) is 5.29. The van der Waals surface area contributed by atoms with Crippen molar-refractivity contribution >= 4 is 5.69 Å². The number of hydrogen-bond donors (Lipinski definition) is 1. The van der Waals surface area contributed by atoms with Crippen molar-refractivity contribution in [3.63, 3.8) is 0 Å². The van der Waals surface area contributed by atoms with Crippen molar-refractivity contribution in [1.29, 1.82) is 0 Å². The molecule has 0 saturated carbocycles. The van der Waals surface area contributed by atoms with Gasteiger partial charge in [-0.1, -0.05) is 12.1 Å². The zero-order valence-corrected chi connectivity index (χ0v) is 5.29. The molecule has 0 bridgehead atoms. The molecule has 1 aliphatic heterocycles. The highest BCUT2D eigenvalue weighted by molar-refractivity contribution is 5.62. The Balaban J connectivity index is 2.51. The lowest BCUT2D eigenvalue weighted by molar-refractivity contribution is 0.458. The Bertz CT molecular complexity index is 253. The van der Waals surface area contributed by atoms with Crippen LogP contribution in [0.4, 0.5) is 5.69 Å². The highest BCUT2D eigenvalue weighted by Gasteiger charge is 2.12. The van der Waals surface area contributed by atoms with E-state index < -0.39 is 0 Å². The van der Waals surface area contributed by atoms with Crippen LogP contribution in [-0.4, -0.2) is 0 Å². The van der Waals surface area contributed by atoms with Gasteiger partial charge in [0.2, 0.25) is 0 Å². The van der Waals surface area contributed by atoms with Gasteiger partial charge in [-0.05, 0) is 12.1 Å². The van der Waals surface area contributed by atoms with E-state index in [1.165, 1.54) is 0 Å². The summed E-state index contributed by atoms with van der Waals surface area (Å²) in [5, 5.41) is 2.87. The van der Waals surface area contributed by atoms with Gasteiger partial charge < -0.3 is 10.1 Å². The van der Waals surface area contributed by atoms with Crippen molar-refractivity contribution in [2.24, 2.45) is 0 Å². The molecule has 0 fully saturated rings. The average Bonchev–Trinajstić information content (AvgIpc) is 2.27. The van der Waals surface area contributed by atoms with Crippen LogP contribution in [-0.2, 0) is 0 Å². The van der Waals surface area contributed by atoms with Crippen molar-refractivity contribution in [3.05, 3.63) is 36.7 Å². The van der Waals surface area contributed by atoms with Gasteiger partial charge in [0, 0.05) is 6.58 Å². The second kappa shape index (κ2) is 1.77. The number of nitrogens with one attached hydrogen (secondary N) is 1. The maximum absolute atomic E-state index is 5.37. The predicted molar refractivity (Wildman–Crippen MR) is 38.5 cm³/mol. The van der Waals surface area contributed by atoms with Crippen molar-refractivity contribution in [2.75, 3.05) is 5.32 Å². The molecule has 0 unspecified atom stereocenters. The van der Waals surface area contributed by atoms with Gasteiger partial charge in [-0.2, -0.15) is 0 Å².